The molecule has 1 aromatic heterocycles. The van der Waals surface area contributed by atoms with Gasteiger partial charge in [-0.15, -0.1) is 11.6 Å². The van der Waals surface area contributed by atoms with Gasteiger partial charge in [0.25, 0.3) is 0 Å². The summed E-state index contributed by atoms with van der Waals surface area (Å²) in [4.78, 5) is 4.51. The van der Waals surface area contributed by atoms with E-state index in [1.54, 1.807) is 0 Å². The summed E-state index contributed by atoms with van der Waals surface area (Å²) in [7, 11) is 0. The Morgan fingerprint density at radius 2 is 1.89 bits per heavy atom. The zero-order valence-electron chi connectivity index (χ0n) is 12.0. The molecule has 0 atom stereocenters. The predicted molar refractivity (Wildman–Crippen MR) is 80.0 cm³/mol. The fraction of sp³-hybridized carbons (Fsp3) is 0.688. The molecule has 19 heavy (non-hydrogen) atoms. The van der Waals surface area contributed by atoms with E-state index in [0.717, 1.165) is 23.7 Å². The molecule has 1 saturated carbocycles. The first-order valence-corrected chi connectivity index (χ1v) is 7.90. The third-order valence-corrected chi connectivity index (χ3v) is 4.27. The smallest absolute Gasteiger partial charge is 0.218 e. The Kier molecular flexibility index (Phi) is 5.50. The predicted octanol–water partition coefficient (Wildman–Crippen LogP) is 4.79. The number of hydrogen-bond donors (Lipinski definition) is 0. The Hall–Kier alpha value is -0.760. The normalized spacial score (nSPS) is 17.2. The molecule has 1 aromatic rings. The lowest BCUT2D eigenvalue weighted by Gasteiger charge is -2.17. The third kappa shape index (κ3) is 4.10. The first kappa shape index (κ1) is 14.6. The molecule has 106 valence electrons. The van der Waals surface area contributed by atoms with Crippen molar-refractivity contribution in [3.8, 4) is 5.88 Å². The SMILES string of the molecule is Cc1cc(C)c(CCl)c(OCC2CCCCCC2)n1. The van der Waals surface area contributed by atoms with Crippen LogP contribution in [0.1, 0.15) is 55.3 Å². The highest BCUT2D eigenvalue weighted by atomic mass is 35.5. The van der Waals surface area contributed by atoms with Crippen LogP contribution in [0.25, 0.3) is 0 Å². The van der Waals surface area contributed by atoms with Crippen LogP contribution in [0.2, 0.25) is 0 Å². The Bertz CT molecular complexity index is 411. The van der Waals surface area contributed by atoms with Gasteiger partial charge in [-0.3, -0.25) is 0 Å². The molecule has 0 radical (unpaired) electrons. The average Bonchev–Trinajstić information content (AvgIpc) is 2.64. The van der Waals surface area contributed by atoms with Gasteiger partial charge in [0.1, 0.15) is 0 Å². The molecule has 3 heteroatoms. The molecule has 0 bridgehead atoms. The Labute approximate surface area is 121 Å². The van der Waals surface area contributed by atoms with E-state index in [0.29, 0.717) is 11.8 Å². The van der Waals surface area contributed by atoms with Crippen LogP contribution in [0.15, 0.2) is 6.07 Å². The number of aromatic nitrogens is 1. The van der Waals surface area contributed by atoms with E-state index >= 15 is 0 Å². The molecule has 0 unspecified atom stereocenters. The van der Waals surface area contributed by atoms with E-state index in [2.05, 4.69) is 18.0 Å². The minimum atomic E-state index is 0.471. The van der Waals surface area contributed by atoms with Gasteiger partial charge in [0.2, 0.25) is 5.88 Å². The molecule has 0 aromatic carbocycles. The van der Waals surface area contributed by atoms with Crippen molar-refractivity contribution in [3.05, 3.63) is 22.9 Å². The van der Waals surface area contributed by atoms with Crippen molar-refractivity contribution in [3.63, 3.8) is 0 Å². The molecule has 2 rings (SSSR count). The first-order chi connectivity index (χ1) is 9.20. The second kappa shape index (κ2) is 7.14. The van der Waals surface area contributed by atoms with Crippen LogP contribution in [0.5, 0.6) is 5.88 Å². The second-order valence-corrected chi connectivity index (χ2v) is 5.93. The largest absolute Gasteiger partial charge is 0.477 e. The van der Waals surface area contributed by atoms with Crippen LogP contribution in [0, 0.1) is 19.8 Å². The fourth-order valence-electron chi connectivity index (χ4n) is 2.84. The van der Waals surface area contributed by atoms with Gasteiger partial charge >= 0.3 is 0 Å². The molecular formula is C16H24ClNO. The average molecular weight is 282 g/mol. The van der Waals surface area contributed by atoms with Gasteiger partial charge in [-0.05, 0) is 44.2 Å². The Morgan fingerprint density at radius 1 is 1.21 bits per heavy atom. The molecular weight excluding hydrogens is 258 g/mol. The summed E-state index contributed by atoms with van der Waals surface area (Å²) in [5.74, 6) is 1.91. The maximum Gasteiger partial charge on any atom is 0.218 e. The molecule has 0 spiro atoms. The summed E-state index contributed by atoms with van der Waals surface area (Å²) >= 11 is 6.02. The molecule has 0 N–H and O–H groups in total. The van der Waals surface area contributed by atoms with Gasteiger partial charge in [0, 0.05) is 11.3 Å². The Morgan fingerprint density at radius 3 is 2.53 bits per heavy atom. The van der Waals surface area contributed by atoms with Crippen LogP contribution in [0.4, 0.5) is 0 Å². The molecule has 1 aliphatic carbocycles. The van der Waals surface area contributed by atoms with Crippen molar-refractivity contribution in [2.75, 3.05) is 6.61 Å². The summed E-state index contributed by atoms with van der Waals surface area (Å²) < 4.78 is 5.99. The number of aryl methyl sites for hydroxylation is 2. The summed E-state index contributed by atoms with van der Waals surface area (Å²) in [6, 6.07) is 2.07. The van der Waals surface area contributed by atoms with Crippen molar-refractivity contribution >= 4 is 11.6 Å². The number of halogens is 1. The van der Waals surface area contributed by atoms with Crippen molar-refractivity contribution in [2.45, 2.75) is 58.3 Å². The van der Waals surface area contributed by atoms with Gasteiger partial charge in [0.05, 0.1) is 12.5 Å². The molecule has 0 amide bonds. The third-order valence-electron chi connectivity index (χ3n) is 4.00. The zero-order valence-corrected chi connectivity index (χ0v) is 12.8. The summed E-state index contributed by atoms with van der Waals surface area (Å²) in [6.07, 6.45) is 8.03. The zero-order chi connectivity index (χ0) is 13.7. The molecule has 0 aliphatic heterocycles. The topological polar surface area (TPSA) is 22.1 Å². The fourth-order valence-corrected chi connectivity index (χ4v) is 3.16. The van der Waals surface area contributed by atoms with Crippen LogP contribution in [0.3, 0.4) is 0 Å². The summed E-state index contributed by atoms with van der Waals surface area (Å²) in [5, 5.41) is 0. The van der Waals surface area contributed by atoms with E-state index < -0.39 is 0 Å². The monoisotopic (exact) mass is 281 g/mol. The quantitative estimate of drug-likeness (QED) is 0.585. The highest BCUT2D eigenvalue weighted by Gasteiger charge is 2.15. The molecule has 1 heterocycles. The van der Waals surface area contributed by atoms with E-state index in [4.69, 9.17) is 16.3 Å². The van der Waals surface area contributed by atoms with Crippen LogP contribution in [-0.2, 0) is 5.88 Å². The Balaban J connectivity index is 2.01. The summed E-state index contributed by atoms with van der Waals surface area (Å²) in [6.45, 7) is 4.87. The number of hydrogen-bond acceptors (Lipinski definition) is 2. The number of rotatable bonds is 4. The molecule has 2 nitrogen and oxygen atoms in total. The van der Waals surface area contributed by atoms with Gasteiger partial charge in [0.15, 0.2) is 0 Å². The van der Waals surface area contributed by atoms with Gasteiger partial charge in [-0.25, -0.2) is 4.98 Å². The standard InChI is InChI=1S/C16H24ClNO/c1-12-9-13(2)18-16(15(12)10-17)19-11-14-7-5-3-4-6-8-14/h9,14H,3-8,10-11H2,1-2H3. The maximum atomic E-state index is 6.02. The molecule has 1 fully saturated rings. The van der Waals surface area contributed by atoms with Crippen LogP contribution >= 0.6 is 11.6 Å². The van der Waals surface area contributed by atoms with E-state index in [-0.39, 0.29) is 0 Å². The van der Waals surface area contributed by atoms with Gasteiger partial charge in [-0.2, -0.15) is 0 Å². The number of alkyl halides is 1. The number of pyridine rings is 1. The van der Waals surface area contributed by atoms with Crippen molar-refractivity contribution in [1.29, 1.82) is 0 Å². The lowest BCUT2D eigenvalue weighted by molar-refractivity contribution is 0.224. The number of nitrogens with zero attached hydrogens (tertiary/aromatic N) is 1. The molecule has 1 aliphatic rings. The van der Waals surface area contributed by atoms with E-state index in [9.17, 15) is 0 Å². The lowest BCUT2D eigenvalue weighted by atomic mass is 10.0. The highest BCUT2D eigenvalue weighted by molar-refractivity contribution is 6.17. The first-order valence-electron chi connectivity index (χ1n) is 7.36. The summed E-state index contributed by atoms with van der Waals surface area (Å²) in [5.41, 5.74) is 3.22. The van der Waals surface area contributed by atoms with Gasteiger partial charge in [-0.1, -0.05) is 25.7 Å². The van der Waals surface area contributed by atoms with Crippen LogP contribution < -0.4 is 4.74 Å². The lowest BCUT2D eigenvalue weighted by Crippen LogP contribution is -2.13. The van der Waals surface area contributed by atoms with Crippen molar-refractivity contribution < 1.29 is 4.74 Å². The van der Waals surface area contributed by atoms with Gasteiger partial charge < -0.3 is 4.74 Å². The van der Waals surface area contributed by atoms with Crippen LogP contribution in [-0.4, -0.2) is 11.6 Å². The minimum absolute atomic E-state index is 0.471. The highest BCUT2D eigenvalue weighted by Crippen LogP contribution is 2.26. The van der Waals surface area contributed by atoms with Crippen molar-refractivity contribution in [1.82, 2.24) is 4.98 Å². The van der Waals surface area contributed by atoms with E-state index in [1.165, 1.54) is 44.1 Å². The van der Waals surface area contributed by atoms with Crippen molar-refractivity contribution in [2.24, 2.45) is 5.92 Å². The number of ether oxygens (including phenoxy) is 1. The molecule has 0 saturated heterocycles. The second-order valence-electron chi connectivity index (χ2n) is 5.67. The minimum Gasteiger partial charge on any atom is -0.477 e. The van der Waals surface area contributed by atoms with E-state index in [1.807, 2.05) is 6.92 Å². The maximum absolute atomic E-state index is 6.02.